The molecule has 0 aliphatic carbocycles. The molecule has 0 radical (unpaired) electrons. The number of piperidine rings is 1. The van der Waals surface area contributed by atoms with Gasteiger partial charge in [0.15, 0.2) is 0 Å². The summed E-state index contributed by atoms with van der Waals surface area (Å²) >= 11 is 0. The predicted octanol–water partition coefficient (Wildman–Crippen LogP) is 1.19. The molecule has 1 fully saturated rings. The quantitative estimate of drug-likeness (QED) is 0.825. The summed E-state index contributed by atoms with van der Waals surface area (Å²) in [6, 6.07) is 11.7. The second kappa shape index (κ2) is 7.94. The van der Waals surface area contributed by atoms with Crippen molar-refractivity contribution in [2.45, 2.75) is 25.3 Å². The first-order chi connectivity index (χ1) is 12.1. The molecule has 0 unspecified atom stereocenters. The molecule has 3 N–H and O–H groups in total. The molecule has 25 heavy (non-hydrogen) atoms. The Bertz CT molecular complexity index is 720. The predicted molar refractivity (Wildman–Crippen MR) is 94.9 cm³/mol. The first-order valence-electron chi connectivity index (χ1n) is 8.50. The van der Waals surface area contributed by atoms with Crippen molar-refractivity contribution in [3.8, 4) is 0 Å². The maximum Gasteiger partial charge on any atom is 0.231 e. The fraction of sp³-hybridized carbons (Fsp3) is 0.389. The molecule has 1 aromatic carbocycles. The maximum absolute atomic E-state index is 12.3. The van der Waals surface area contributed by atoms with E-state index in [1.807, 2.05) is 41.1 Å². The van der Waals surface area contributed by atoms with Gasteiger partial charge < -0.3 is 11.1 Å². The van der Waals surface area contributed by atoms with Gasteiger partial charge in [0.05, 0.1) is 25.2 Å². The summed E-state index contributed by atoms with van der Waals surface area (Å²) in [5.41, 5.74) is 6.23. The van der Waals surface area contributed by atoms with E-state index in [9.17, 15) is 9.59 Å². The smallest absolute Gasteiger partial charge is 0.231 e. The Morgan fingerprint density at radius 2 is 1.88 bits per heavy atom. The molecule has 1 aliphatic rings. The van der Waals surface area contributed by atoms with Crippen molar-refractivity contribution in [3.63, 3.8) is 0 Å². The van der Waals surface area contributed by atoms with Crippen molar-refractivity contribution in [1.29, 1.82) is 0 Å². The van der Waals surface area contributed by atoms with Gasteiger partial charge in [0.1, 0.15) is 5.82 Å². The third kappa shape index (κ3) is 4.67. The molecule has 2 amide bonds. The van der Waals surface area contributed by atoms with E-state index in [1.54, 1.807) is 6.20 Å². The van der Waals surface area contributed by atoms with Gasteiger partial charge in [0.25, 0.3) is 0 Å². The Kier molecular flexibility index (Phi) is 5.45. The summed E-state index contributed by atoms with van der Waals surface area (Å²) in [7, 11) is 0. The highest BCUT2D eigenvalue weighted by Gasteiger charge is 2.23. The number of nitrogens with zero attached hydrogens (tertiary/aromatic N) is 3. The molecule has 0 bridgehead atoms. The lowest BCUT2D eigenvalue weighted by molar-refractivity contribution is -0.119. The van der Waals surface area contributed by atoms with Crippen molar-refractivity contribution >= 4 is 17.6 Å². The largest absolute Gasteiger partial charge is 0.369 e. The number of likely N-dealkylation sites (tertiary alicyclic amines) is 1. The van der Waals surface area contributed by atoms with Crippen molar-refractivity contribution in [3.05, 3.63) is 48.2 Å². The first-order valence-corrected chi connectivity index (χ1v) is 8.50. The molecule has 1 aromatic heterocycles. The molecule has 7 heteroatoms. The standard InChI is InChI=1S/C18H23N5O2/c19-16(24)13-22-10-7-15(8-11-22)23-17(6-9-20-23)21-18(25)12-14-4-2-1-3-5-14/h1-6,9,15H,7-8,10-13H2,(H2,19,24)(H,21,25). The summed E-state index contributed by atoms with van der Waals surface area (Å²) in [4.78, 5) is 25.3. The van der Waals surface area contributed by atoms with Crippen molar-refractivity contribution < 1.29 is 9.59 Å². The van der Waals surface area contributed by atoms with E-state index in [0.717, 1.165) is 31.5 Å². The van der Waals surface area contributed by atoms with Crippen molar-refractivity contribution in [2.24, 2.45) is 5.73 Å². The Morgan fingerprint density at radius 3 is 2.56 bits per heavy atom. The average molecular weight is 341 g/mol. The van der Waals surface area contributed by atoms with Crippen molar-refractivity contribution in [2.75, 3.05) is 25.0 Å². The summed E-state index contributed by atoms with van der Waals surface area (Å²) < 4.78 is 1.88. The Hall–Kier alpha value is -2.67. The van der Waals surface area contributed by atoms with Gasteiger partial charge in [-0.2, -0.15) is 5.10 Å². The number of carbonyl (C=O) groups excluding carboxylic acids is 2. The third-order valence-electron chi connectivity index (χ3n) is 4.43. The second-order valence-corrected chi connectivity index (χ2v) is 6.35. The molecule has 132 valence electrons. The number of hydrogen-bond donors (Lipinski definition) is 2. The lowest BCUT2D eigenvalue weighted by Crippen LogP contribution is -2.40. The Morgan fingerprint density at radius 1 is 1.16 bits per heavy atom. The minimum Gasteiger partial charge on any atom is -0.369 e. The SMILES string of the molecule is NC(=O)CN1CCC(n2nccc2NC(=O)Cc2ccccc2)CC1. The van der Waals surface area contributed by atoms with E-state index in [4.69, 9.17) is 5.73 Å². The van der Waals surface area contributed by atoms with Gasteiger partial charge in [-0.05, 0) is 18.4 Å². The van der Waals surface area contributed by atoms with Crippen LogP contribution in [0.5, 0.6) is 0 Å². The van der Waals surface area contributed by atoms with Gasteiger partial charge in [0, 0.05) is 19.2 Å². The van der Waals surface area contributed by atoms with E-state index in [2.05, 4.69) is 15.3 Å². The monoisotopic (exact) mass is 341 g/mol. The summed E-state index contributed by atoms with van der Waals surface area (Å²) in [5, 5.41) is 7.33. The van der Waals surface area contributed by atoms with Crippen LogP contribution >= 0.6 is 0 Å². The number of carbonyl (C=O) groups is 2. The summed E-state index contributed by atoms with van der Waals surface area (Å²) in [5.74, 6) is 0.361. The number of rotatable bonds is 6. The molecule has 7 nitrogen and oxygen atoms in total. The highest BCUT2D eigenvalue weighted by atomic mass is 16.2. The lowest BCUT2D eigenvalue weighted by Gasteiger charge is -2.31. The second-order valence-electron chi connectivity index (χ2n) is 6.35. The van der Waals surface area contributed by atoms with Crippen LogP contribution in [0, 0.1) is 0 Å². The highest BCUT2D eigenvalue weighted by molar-refractivity contribution is 5.91. The maximum atomic E-state index is 12.3. The van der Waals surface area contributed by atoms with Crippen LogP contribution in [0.15, 0.2) is 42.6 Å². The van der Waals surface area contributed by atoms with Crippen LogP contribution in [0.25, 0.3) is 0 Å². The molecule has 2 heterocycles. The van der Waals surface area contributed by atoms with Gasteiger partial charge in [0.2, 0.25) is 11.8 Å². The molecular formula is C18H23N5O2. The van der Waals surface area contributed by atoms with Gasteiger partial charge in [-0.15, -0.1) is 0 Å². The van der Waals surface area contributed by atoms with Crippen LogP contribution in [-0.4, -0.2) is 46.1 Å². The zero-order valence-corrected chi connectivity index (χ0v) is 14.1. The number of nitrogens with one attached hydrogen (secondary N) is 1. The van der Waals surface area contributed by atoms with Crippen molar-refractivity contribution in [1.82, 2.24) is 14.7 Å². The number of anilines is 1. The Balaban J connectivity index is 1.58. The third-order valence-corrected chi connectivity index (χ3v) is 4.43. The van der Waals surface area contributed by atoms with Crippen LogP contribution in [0.4, 0.5) is 5.82 Å². The van der Waals surface area contributed by atoms with Crippen LogP contribution in [0.2, 0.25) is 0 Å². The zero-order chi connectivity index (χ0) is 17.6. The van der Waals surface area contributed by atoms with E-state index in [1.165, 1.54) is 0 Å². The minimum absolute atomic E-state index is 0.0564. The summed E-state index contributed by atoms with van der Waals surface area (Å²) in [6.07, 6.45) is 3.78. The van der Waals surface area contributed by atoms with Gasteiger partial charge >= 0.3 is 0 Å². The number of amides is 2. The molecule has 0 spiro atoms. The average Bonchev–Trinajstić information content (AvgIpc) is 3.04. The fourth-order valence-corrected chi connectivity index (χ4v) is 3.21. The Labute approximate surface area is 146 Å². The summed E-state index contributed by atoms with van der Waals surface area (Å²) in [6.45, 7) is 1.89. The van der Waals surface area contributed by atoms with Crippen LogP contribution in [0.3, 0.4) is 0 Å². The molecular weight excluding hydrogens is 318 g/mol. The molecule has 3 rings (SSSR count). The molecule has 1 aliphatic heterocycles. The van der Waals surface area contributed by atoms with E-state index < -0.39 is 0 Å². The van der Waals surface area contributed by atoms with Crippen LogP contribution in [-0.2, 0) is 16.0 Å². The fourth-order valence-electron chi connectivity index (χ4n) is 3.21. The van der Waals surface area contributed by atoms with E-state index in [0.29, 0.717) is 18.8 Å². The lowest BCUT2D eigenvalue weighted by atomic mass is 10.1. The highest BCUT2D eigenvalue weighted by Crippen LogP contribution is 2.25. The number of aromatic nitrogens is 2. The molecule has 2 aromatic rings. The van der Waals surface area contributed by atoms with E-state index in [-0.39, 0.29) is 17.9 Å². The molecule has 1 saturated heterocycles. The van der Waals surface area contributed by atoms with Gasteiger partial charge in [-0.25, -0.2) is 4.68 Å². The number of benzene rings is 1. The number of nitrogens with two attached hydrogens (primary N) is 1. The topological polar surface area (TPSA) is 93.2 Å². The normalized spacial score (nSPS) is 15.8. The molecule has 0 saturated carbocycles. The van der Waals surface area contributed by atoms with Gasteiger partial charge in [-0.1, -0.05) is 30.3 Å². The number of primary amides is 1. The number of hydrogen-bond acceptors (Lipinski definition) is 4. The van der Waals surface area contributed by atoms with Crippen LogP contribution in [0.1, 0.15) is 24.4 Å². The van der Waals surface area contributed by atoms with E-state index >= 15 is 0 Å². The molecule has 0 atom stereocenters. The van der Waals surface area contributed by atoms with Crippen LogP contribution < -0.4 is 11.1 Å². The minimum atomic E-state index is -0.300. The first kappa shape index (κ1) is 17.2. The zero-order valence-electron chi connectivity index (χ0n) is 14.1. The van der Waals surface area contributed by atoms with Gasteiger partial charge in [-0.3, -0.25) is 14.5 Å².